The highest BCUT2D eigenvalue weighted by molar-refractivity contribution is 5.74. The summed E-state index contributed by atoms with van der Waals surface area (Å²) in [6.45, 7) is 4.23. The number of nitrogens with zero attached hydrogens (tertiary/aromatic N) is 2. The minimum atomic E-state index is -0.125. The van der Waals surface area contributed by atoms with E-state index in [0.29, 0.717) is 32.2 Å². The highest BCUT2D eigenvalue weighted by Gasteiger charge is 2.20. The monoisotopic (exact) mass is 380 g/mol. The smallest absolute Gasteiger partial charge is 0.315 e. The normalized spacial score (nSPS) is 19.0. The van der Waals surface area contributed by atoms with Crippen LogP contribution in [0.5, 0.6) is 0 Å². The van der Waals surface area contributed by atoms with Crippen LogP contribution in [-0.2, 0) is 17.7 Å². The number of amides is 2. The van der Waals surface area contributed by atoms with Crippen LogP contribution in [0.15, 0.2) is 42.6 Å². The number of urea groups is 1. The van der Waals surface area contributed by atoms with Gasteiger partial charge >= 0.3 is 6.03 Å². The van der Waals surface area contributed by atoms with E-state index in [1.165, 1.54) is 17.5 Å². The molecule has 2 amide bonds. The second-order valence-electron chi connectivity index (χ2n) is 7.44. The minimum Gasteiger partial charge on any atom is -0.378 e. The van der Waals surface area contributed by atoms with Crippen molar-refractivity contribution in [2.45, 2.75) is 31.7 Å². The number of rotatable bonds is 5. The van der Waals surface area contributed by atoms with Gasteiger partial charge in [-0.3, -0.25) is 0 Å². The standard InChI is InChI=1S/C22H28N4O2/c27-22(24-15-18-7-3-6-17-5-1-2-9-20(17)18)25-16-19-8-4-10-23-21(19)26-11-13-28-14-12-26/h1-2,4-5,8-10,18H,3,6-7,11-16H2,(H2,24,25,27). The molecular weight excluding hydrogens is 352 g/mol. The van der Waals surface area contributed by atoms with E-state index < -0.39 is 0 Å². The molecule has 1 aromatic carbocycles. The van der Waals surface area contributed by atoms with Crippen LogP contribution in [0.4, 0.5) is 10.6 Å². The summed E-state index contributed by atoms with van der Waals surface area (Å²) in [5, 5.41) is 6.05. The van der Waals surface area contributed by atoms with Gasteiger partial charge in [0, 0.05) is 43.9 Å². The first-order chi connectivity index (χ1) is 13.8. The van der Waals surface area contributed by atoms with E-state index in [1.54, 1.807) is 6.20 Å². The van der Waals surface area contributed by atoms with Gasteiger partial charge in [-0.1, -0.05) is 30.3 Å². The van der Waals surface area contributed by atoms with Crippen LogP contribution in [0.2, 0.25) is 0 Å². The van der Waals surface area contributed by atoms with Crippen molar-refractivity contribution in [1.82, 2.24) is 15.6 Å². The molecule has 1 aliphatic heterocycles. The number of morpholine rings is 1. The van der Waals surface area contributed by atoms with Gasteiger partial charge in [-0.25, -0.2) is 9.78 Å². The number of carbonyl (C=O) groups is 1. The number of anilines is 1. The molecule has 1 aliphatic carbocycles. The predicted molar refractivity (Wildman–Crippen MR) is 110 cm³/mol. The average Bonchev–Trinajstić information content (AvgIpc) is 2.77. The molecule has 0 saturated carbocycles. The summed E-state index contributed by atoms with van der Waals surface area (Å²) in [5.74, 6) is 1.34. The Kier molecular flexibility index (Phi) is 6.07. The second kappa shape index (κ2) is 9.06. The molecule has 4 rings (SSSR count). The number of aryl methyl sites for hydroxylation is 1. The maximum absolute atomic E-state index is 12.4. The van der Waals surface area contributed by atoms with Gasteiger partial charge in [0.2, 0.25) is 0 Å². The summed E-state index contributed by atoms with van der Waals surface area (Å²) in [6.07, 6.45) is 5.25. The van der Waals surface area contributed by atoms with E-state index in [1.807, 2.05) is 12.1 Å². The van der Waals surface area contributed by atoms with Gasteiger partial charge in [0.1, 0.15) is 5.82 Å². The zero-order valence-electron chi connectivity index (χ0n) is 16.2. The number of hydrogen-bond acceptors (Lipinski definition) is 4. The lowest BCUT2D eigenvalue weighted by atomic mass is 9.83. The third kappa shape index (κ3) is 4.44. The molecule has 2 N–H and O–H groups in total. The Morgan fingerprint density at radius 1 is 1.14 bits per heavy atom. The lowest BCUT2D eigenvalue weighted by Crippen LogP contribution is -2.39. The molecule has 28 heavy (non-hydrogen) atoms. The molecule has 1 atom stereocenters. The van der Waals surface area contributed by atoms with Gasteiger partial charge < -0.3 is 20.3 Å². The van der Waals surface area contributed by atoms with E-state index in [-0.39, 0.29) is 6.03 Å². The first-order valence-corrected chi connectivity index (χ1v) is 10.2. The first-order valence-electron chi connectivity index (χ1n) is 10.2. The summed E-state index contributed by atoms with van der Waals surface area (Å²) < 4.78 is 5.42. The predicted octanol–water partition coefficient (Wildman–Crippen LogP) is 2.84. The number of aromatic nitrogens is 1. The number of hydrogen-bond donors (Lipinski definition) is 2. The third-order valence-electron chi connectivity index (χ3n) is 5.62. The molecule has 1 unspecified atom stereocenters. The Hall–Kier alpha value is -2.60. The quantitative estimate of drug-likeness (QED) is 0.837. The number of pyridine rings is 1. The zero-order chi connectivity index (χ0) is 19.2. The lowest BCUT2D eigenvalue weighted by molar-refractivity contribution is 0.122. The summed E-state index contributed by atoms with van der Waals surface area (Å²) in [4.78, 5) is 19.1. The Bertz CT molecular complexity index is 805. The van der Waals surface area contributed by atoms with Crippen molar-refractivity contribution >= 4 is 11.8 Å². The van der Waals surface area contributed by atoms with Crippen LogP contribution in [-0.4, -0.2) is 43.9 Å². The minimum absolute atomic E-state index is 0.125. The van der Waals surface area contributed by atoms with E-state index in [9.17, 15) is 4.79 Å². The zero-order valence-corrected chi connectivity index (χ0v) is 16.2. The summed E-state index contributed by atoms with van der Waals surface area (Å²) in [5.41, 5.74) is 3.84. The van der Waals surface area contributed by atoms with E-state index in [4.69, 9.17) is 4.74 Å². The van der Waals surface area contributed by atoms with E-state index in [0.717, 1.165) is 37.3 Å². The first kappa shape index (κ1) is 18.7. The topological polar surface area (TPSA) is 66.5 Å². The lowest BCUT2D eigenvalue weighted by Gasteiger charge is -2.29. The molecule has 1 fully saturated rings. The fourth-order valence-corrected chi connectivity index (χ4v) is 4.15. The molecule has 1 aromatic heterocycles. The third-order valence-corrected chi connectivity index (χ3v) is 5.62. The Labute approximate surface area is 166 Å². The highest BCUT2D eigenvalue weighted by Crippen LogP contribution is 2.30. The maximum atomic E-state index is 12.4. The summed E-state index contributed by atoms with van der Waals surface area (Å²) in [7, 11) is 0. The van der Waals surface area contributed by atoms with Gasteiger partial charge in [0.05, 0.1) is 13.2 Å². The van der Waals surface area contributed by atoms with Crippen molar-refractivity contribution in [3.05, 3.63) is 59.3 Å². The van der Waals surface area contributed by atoms with E-state index in [2.05, 4.69) is 44.8 Å². The van der Waals surface area contributed by atoms with Crippen LogP contribution < -0.4 is 15.5 Å². The fraction of sp³-hybridized carbons (Fsp3) is 0.455. The number of nitrogens with one attached hydrogen (secondary N) is 2. The molecule has 2 heterocycles. The number of fused-ring (bicyclic) bond motifs is 1. The largest absolute Gasteiger partial charge is 0.378 e. The Morgan fingerprint density at radius 3 is 2.89 bits per heavy atom. The van der Waals surface area contributed by atoms with Crippen LogP contribution in [0.25, 0.3) is 0 Å². The molecule has 0 radical (unpaired) electrons. The fourth-order valence-electron chi connectivity index (χ4n) is 4.15. The maximum Gasteiger partial charge on any atom is 0.315 e. The van der Waals surface area contributed by atoms with Crippen LogP contribution in [0, 0.1) is 0 Å². The molecule has 0 spiro atoms. The molecule has 2 aliphatic rings. The molecule has 6 nitrogen and oxygen atoms in total. The number of ether oxygens (including phenoxy) is 1. The van der Waals surface area contributed by atoms with Crippen molar-refractivity contribution in [3.63, 3.8) is 0 Å². The van der Waals surface area contributed by atoms with Gasteiger partial charge in [-0.05, 0) is 36.5 Å². The molecule has 6 heteroatoms. The average molecular weight is 380 g/mol. The van der Waals surface area contributed by atoms with Gasteiger partial charge in [-0.15, -0.1) is 0 Å². The van der Waals surface area contributed by atoms with Crippen LogP contribution in [0.1, 0.15) is 35.4 Å². The van der Waals surface area contributed by atoms with Crippen LogP contribution >= 0.6 is 0 Å². The Morgan fingerprint density at radius 2 is 2.00 bits per heavy atom. The SMILES string of the molecule is O=C(NCc1cccnc1N1CCOCC1)NCC1CCCc2ccccc21. The van der Waals surface area contributed by atoms with Crippen molar-refractivity contribution in [2.75, 3.05) is 37.7 Å². The van der Waals surface area contributed by atoms with Gasteiger partial charge in [-0.2, -0.15) is 0 Å². The molecule has 148 valence electrons. The van der Waals surface area contributed by atoms with Crippen molar-refractivity contribution in [1.29, 1.82) is 0 Å². The molecule has 0 bridgehead atoms. The molecule has 1 saturated heterocycles. The number of benzene rings is 1. The van der Waals surface area contributed by atoms with Crippen molar-refractivity contribution in [2.24, 2.45) is 0 Å². The van der Waals surface area contributed by atoms with Gasteiger partial charge in [0.15, 0.2) is 0 Å². The van der Waals surface area contributed by atoms with Crippen LogP contribution in [0.3, 0.4) is 0 Å². The highest BCUT2D eigenvalue weighted by atomic mass is 16.5. The van der Waals surface area contributed by atoms with E-state index >= 15 is 0 Å². The summed E-state index contributed by atoms with van der Waals surface area (Å²) in [6, 6.07) is 12.4. The second-order valence-corrected chi connectivity index (χ2v) is 7.44. The molecular formula is C22H28N4O2. The van der Waals surface area contributed by atoms with Crippen molar-refractivity contribution in [3.8, 4) is 0 Å². The molecule has 2 aromatic rings. The Balaban J connectivity index is 1.31. The summed E-state index contributed by atoms with van der Waals surface area (Å²) >= 11 is 0. The van der Waals surface area contributed by atoms with Gasteiger partial charge in [0.25, 0.3) is 0 Å². The number of carbonyl (C=O) groups excluding carboxylic acids is 1. The van der Waals surface area contributed by atoms with Crippen molar-refractivity contribution < 1.29 is 9.53 Å².